The molecule has 2 aromatic carbocycles. The van der Waals surface area contributed by atoms with Gasteiger partial charge in [0.25, 0.3) is 0 Å². The minimum absolute atomic E-state index is 0.0393. The zero-order chi connectivity index (χ0) is 35.2. The second-order valence-corrected chi connectivity index (χ2v) is 14.3. The molecule has 3 aliphatic rings. The molecular formula is C40H42N6O5. The Labute approximate surface area is 296 Å². The zero-order valence-electron chi connectivity index (χ0n) is 29.0. The molecule has 0 unspecified atom stereocenters. The molecule has 11 nitrogen and oxygen atoms in total. The molecule has 6 heterocycles. The summed E-state index contributed by atoms with van der Waals surface area (Å²) in [6.45, 7) is 8.62. The van der Waals surface area contributed by atoms with Gasteiger partial charge in [-0.25, -0.2) is 4.98 Å². The van der Waals surface area contributed by atoms with E-state index in [1.54, 1.807) is 4.90 Å². The van der Waals surface area contributed by atoms with Gasteiger partial charge in [0.2, 0.25) is 11.8 Å². The predicted molar refractivity (Wildman–Crippen MR) is 192 cm³/mol. The SMILES string of the molecule is Cc1c(Cc2nccc3cc(CN4CC[C@@H](O)C4)cnc23)cccc1-c1cccc(-c2nc3c(o2)CN(C(=O)CN2CC[C@@H](C(=O)O)C2)C3)c1C. The van der Waals surface area contributed by atoms with Crippen molar-refractivity contribution in [2.45, 2.75) is 58.8 Å². The molecule has 0 radical (unpaired) electrons. The lowest BCUT2D eigenvalue weighted by Crippen LogP contribution is -2.37. The highest BCUT2D eigenvalue weighted by atomic mass is 16.4. The number of carboxylic acid groups (broad SMARTS) is 1. The van der Waals surface area contributed by atoms with E-state index in [1.807, 2.05) is 35.5 Å². The first-order valence-corrected chi connectivity index (χ1v) is 17.7. The smallest absolute Gasteiger partial charge is 0.307 e. The number of carbonyl (C=O) groups is 2. The lowest BCUT2D eigenvalue weighted by Gasteiger charge is -2.20. The first-order chi connectivity index (χ1) is 24.7. The molecule has 0 bridgehead atoms. The molecule has 0 spiro atoms. The van der Waals surface area contributed by atoms with Crippen LogP contribution in [-0.4, -0.2) is 90.6 Å². The minimum atomic E-state index is -0.800. The standard InChI is InChI=1S/C40H42N6O5/c1-24-27(16-34-38-28(9-12-41-34)15-26(17-42-38)18-44-14-11-30(47)20-44)5-3-6-31(24)32-7-4-8-33(25(32)2)39-43-35-21-46(22-36(35)51-39)37(48)23-45-13-10-29(19-45)40(49)50/h3-9,12,15,17,29-30,47H,10-11,13-14,16,18-23H2,1-2H3,(H,49,50)/t29-,30-/m1/s1. The molecule has 2 N–H and O–H groups in total. The Balaban J connectivity index is 0.983. The van der Waals surface area contributed by atoms with E-state index < -0.39 is 11.9 Å². The first-order valence-electron chi connectivity index (χ1n) is 17.7. The second-order valence-electron chi connectivity index (χ2n) is 14.3. The van der Waals surface area contributed by atoms with Crippen LogP contribution < -0.4 is 0 Å². The number of carbonyl (C=O) groups excluding carboxylic acids is 1. The lowest BCUT2D eigenvalue weighted by molar-refractivity contribution is -0.141. The third kappa shape index (κ3) is 6.64. The molecule has 1 amide bonds. The van der Waals surface area contributed by atoms with Crippen LogP contribution in [0.15, 0.2) is 65.3 Å². The molecule has 0 aliphatic carbocycles. The van der Waals surface area contributed by atoms with E-state index in [1.165, 1.54) is 11.1 Å². The maximum atomic E-state index is 13.0. The molecule has 3 aliphatic heterocycles. The Morgan fingerprint density at radius 1 is 0.922 bits per heavy atom. The largest absolute Gasteiger partial charge is 0.481 e. The number of carboxylic acids is 1. The van der Waals surface area contributed by atoms with Crippen LogP contribution in [0.5, 0.6) is 0 Å². The third-order valence-electron chi connectivity index (χ3n) is 10.8. The van der Waals surface area contributed by atoms with E-state index in [-0.39, 0.29) is 18.6 Å². The van der Waals surface area contributed by atoms with Crippen molar-refractivity contribution in [1.29, 1.82) is 0 Å². The Bertz CT molecular complexity index is 2120. The number of benzene rings is 2. The number of oxazole rings is 1. The quantitative estimate of drug-likeness (QED) is 0.219. The van der Waals surface area contributed by atoms with Gasteiger partial charge in [-0.2, -0.15) is 0 Å². The molecule has 8 rings (SSSR count). The topological polar surface area (TPSA) is 136 Å². The van der Waals surface area contributed by atoms with E-state index in [0.29, 0.717) is 57.2 Å². The minimum Gasteiger partial charge on any atom is -0.481 e. The molecule has 3 aromatic heterocycles. The number of aliphatic hydroxyl groups excluding tert-OH is 1. The van der Waals surface area contributed by atoms with Gasteiger partial charge < -0.3 is 19.5 Å². The van der Waals surface area contributed by atoms with Crippen molar-refractivity contribution >= 4 is 22.8 Å². The van der Waals surface area contributed by atoms with Crippen LogP contribution in [0.1, 0.15) is 52.2 Å². The second kappa shape index (κ2) is 13.6. The molecule has 2 atom stereocenters. The Hall–Kier alpha value is -4.97. The predicted octanol–water partition coefficient (Wildman–Crippen LogP) is 4.97. The van der Waals surface area contributed by atoms with E-state index in [0.717, 1.165) is 69.6 Å². The summed E-state index contributed by atoms with van der Waals surface area (Å²) in [6.07, 6.45) is 5.61. The van der Waals surface area contributed by atoms with Gasteiger partial charge in [-0.1, -0.05) is 30.3 Å². The summed E-state index contributed by atoms with van der Waals surface area (Å²) >= 11 is 0. The maximum absolute atomic E-state index is 13.0. The van der Waals surface area contributed by atoms with Crippen LogP contribution >= 0.6 is 0 Å². The number of aromatic nitrogens is 3. The fraction of sp³-hybridized carbons (Fsp3) is 0.375. The number of aliphatic hydroxyl groups is 1. The number of β-amino-alcohol motifs (C(OH)–C–C–N with tert-alkyl or cyclic N) is 1. The lowest BCUT2D eigenvalue weighted by atomic mass is 9.90. The highest BCUT2D eigenvalue weighted by Crippen LogP contribution is 2.37. The first kappa shape index (κ1) is 33.2. The van der Waals surface area contributed by atoms with Crippen LogP contribution in [-0.2, 0) is 35.6 Å². The molecule has 2 fully saturated rings. The zero-order valence-corrected chi connectivity index (χ0v) is 29.0. The Morgan fingerprint density at radius 2 is 1.71 bits per heavy atom. The Morgan fingerprint density at radius 3 is 2.47 bits per heavy atom. The number of aliphatic carboxylic acids is 1. The summed E-state index contributed by atoms with van der Waals surface area (Å²) in [5.41, 5.74) is 10.3. The van der Waals surface area contributed by atoms with Crippen LogP contribution in [0.3, 0.4) is 0 Å². The van der Waals surface area contributed by atoms with E-state index in [9.17, 15) is 19.8 Å². The average molecular weight is 687 g/mol. The Kier molecular flexibility index (Phi) is 8.87. The van der Waals surface area contributed by atoms with Gasteiger partial charge >= 0.3 is 5.97 Å². The van der Waals surface area contributed by atoms with Crippen LogP contribution in [0.25, 0.3) is 33.5 Å². The summed E-state index contributed by atoms with van der Waals surface area (Å²) in [7, 11) is 0. The van der Waals surface area contributed by atoms with Crippen molar-refractivity contribution in [3.05, 3.63) is 100 Å². The van der Waals surface area contributed by atoms with E-state index >= 15 is 0 Å². The number of rotatable bonds is 9. The van der Waals surface area contributed by atoms with Crippen molar-refractivity contribution in [3.8, 4) is 22.6 Å². The van der Waals surface area contributed by atoms with Crippen LogP contribution in [0.4, 0.5) is 0 Å². The van der Waals surface area contributed by atoms with Gasteiger partial charge in [-0.15, -0.1) is 0 Å². The van der Waals surface area contributed by atoms with Crippen LogP contribution in [0.2, 0.25) is 0 Å². The maximum Gasteiger partial charge on any atom is 0.307 e. The number of fused-ring (bicyclic) bond motifs is 2. The monoisotopic (exact) mass is 686 g/mol. The fourth-order valence-corrected chi connectivity index (χ4v) is 7.90. The molecule has 51 heavy (non-hydrogen) atoms. The van der Waals surface area contributed by atoms with Crippen LogP contribution in [0, 0.1) is 19.8 Å². The fourth-order valence-electron chi connectivity index (χ4n) is 7.90. The van der Waals surface area contributed by atoms with Gasteiger partial charge in [0.1, 0.15) is 11.5 Å². The van der Waals surface area contributed by atoms with Gasteiger partial charge in [-0.05, 0) is 84.8 Å². The number of hydrogen-bond acceptors (Lipinski definition) is 9. The van der Waals surface area contributed by atoms with Gasteiger partial charge in [0, 0.05) is 55.9 Å². The summed E-state index contributed by atoms with van der Waals surface area (Å²) in [4.78, 5) is 44.7. The van der Waals surface area contributed by atoms with Gasteiger partial charge in [-0.3, -0.25) is 29.4 Å². The van der Waals surface area contributed by atoms with Crippen molar-refractivity contribution in [1.82, 2.24) is 29.7 Å². The van der Waals surface area contributed by atoms with Gasteiger partial charge in [0.05, 0.1) is 42.9 Å². The molecular weight excluding hydrogens is 644 g/mol. The highest BCUT2D eigenvalue weighted by molar-refractivity contribution is 5.82. The van der Waals surface area contributed by atoms with E-state index in [4.69, 9.17) is 19.4 Å². The summed E-state index contributed by atoms with van der Waals surface area (Å²) in [6, 6.07) is 16.8. The molecule has 11 heteroatoms. The van der Waals surface area contributed by atoms with Crippen molar-refractivity contribution < 1.29 is 24.2 Å². The van der Waals surface area contributed by atoms with E-state index in [2.05, 4.69) is 49.1 Å². The number of nitrogens with zero attached hydrogens (tertiary/aromatic N) is 6. The number of likely N-dealkylation sites (tertiary alicyclic amines) is 2. The highest BCUT2D eigenvalue weighted by Gasteiger charge is 2.33. The average Bonchev–Trinajstić information content (AvgIpc) is 3.91. The van der Waals surface area contributed by atoms with Crippen molar-refractivity contribution in [3.63, 3.8) is 0 Å². The summed E-state index contributed by atoms with van der Waals surface area (Å²) in [5.74, 6) is 0.00302. The molecule has 0 saturated carbocycles. The number of amides is 1. The van der Waals surface area contributed by atoms with Crippen molar-refractivity contribution in [2.24, 2.45) is 5.92 Å². The normalized spacial score (nSPS) is 19.3. The molecule has 2 saturated heterocycles. The van der Waals surface area contributed by atoms with Crippen molar-refractivity contribution in [2.75, 3.05) is 32.7 Å². The summed E-state index contributed by atoms with van der Waals surface area (Å²) < 4.78 is 6.28. The number of pyridine rings is 2. The molecule has 5 aromatic rings. The number of hydrogen-bond donors (Lipinski definition) is 2. The third-order valence-corrected chi connectivity index (χ3v) is 10.8. The summed E-state index contributed by atoms with van der Waals surface area (Å²) in [5, 5.41) is 20.3. The van der Waals surface area contributed by atoms with Gasteiger partial charge in [0.15, 0.2) is 0 Å². The molecule has 262 valence electrons.